The van der Waals surface area contributed by atoms with Gasteiger partial charge in [-0.3, -0.25) is 0 Å². The molecule has 0 aromatic heterocycles. The summed E-state index contributed by atoms with van der Waals surface area (Å²) in [4.78, 5) is 0. The summed E-state index contributed by atoms with van der Waals surface area (Å²) < 4.78 is 0. The Balaban J connectivity index is 1.70. The molecule has 2 aliphatic carbocycles. The predicted molar refractivity (Wildman–Crippen MR) is 70.7 cm³/mol. The summed E-state index contributed by atoms with van der Waals surface area (Å²) in [5, 5.41) is 3.95. The molecule has 1 heteroatoms. The average molecular weight is 223 g/mol. The summed E-state index contributed by atoms with van der Waals surface area (Å²) in [5.41, 5.74) is 0. The molecule has 0 atom stereocenters. The first-order valence-electron chi connectivity index (χ1n) is 7.60. The first kappa shape index (κ1) is 12.4. The molecular formula is C15H29N. The Kier molecular flexibility index (Phi) is 5.15. The fourth-order valence-corrected chi connectivity index (χ4v) is 3.38. The van der Waals surface area contributed by atoms with Crippen molar-refractivity contribution >= 4 is 0 Å². The summed E-state index contributed by atoms with van der Waals surface area (Å²) in [5.74, 6) is 0.982. The van der Waals surface area contributed by atoms with E-state index in [0.29, 0.717) is 0 Å². The number of rotatable bonds is 2. The van der Waals surface area contributed by atoms with Gasteiger partial charge in [-0.05, 0) is 44.4 Å². The molecule has 16 heavy (non-hydrogen) atoms. The van der Waals surface area contributed by atoms with Crippen molar-refractivity contribution in [3.8, 4) is 0 Å². The molecule has 2 fully saturated rings. The van der Waals surface area contributed by atoms with Crippen molar-refractivity contribution in [2.45, 2.75) is 89.6 Å². The Morgan fingerprint density at radius 1 is 0.625 bits per heavy atom. The smallest absolute Gasteiger partial charge is 0.00698 e. The molecule has 0 aromatic carbocycles. The molecule has 0 amide bonds. The summed E-state index contributed by atoms with van der Waals surface area (Å²) in [6.45, 7) is 2.41. The van der Waals surface area contributed by atoms with E-state index in [2.05, 4.69) is 12.2 Å². The third-order valence-corrected chi connectivity index (χ3v) is 4.59. The molecule has 0 saturated heterocycles. The topological polar surface area (TPSA) is 12.0 Å². The van der Waals surface area contributed by atoms with E-state index in [1.165, 1.54) is 70.6 Å². The Labute approximate surface area is 101 Å². The van der Waals surface area contributed by atoms with E-state index in [1.54, 1.807) is 0 Å². The number of hydrogen-bond acceptors (Lipinski definition) is 1. The van der Waals surface area contributed by atoms with Crippen LogP contribution in [0.25, 0.3) is 0 Å². The van der Waals surface area contributed by atoms with Crippen LogP contribution in [-0.4, -0.2) is 12.1 Å². The molecule has 0 spiro atoms. The van der Waals surface area contributed by atoms with E-state index >= 15 is 0 Å². The van der Waals surface area contributed by atoms with E-state index in [1.807, 2.05) is 0 Å². The fourth-order valence-electron chi connectivity index (χ4n) is 3.38. The van der Waals surface area contributed by atoms with Crippen LogP contribution < -0.4 is 5.32 Å². The zero-order valence-corrected chi connectivity index (χ0v) is 11.0. The van der Waals surface area contributed by atoms with Gasteiger partial charge in [-0.25, -0.2) is 0 Å². The molecule has 0 radical (unpaired) electrons. The summed E-state index contributed by atoms with van der Waals surface area (Å²) in [6, 6.07) is 1.69. The second kappa shape index (κ2) is 6.64. The van der Waals surface area contributed by atoms with Gasteiger partial charge in [0.05, 0.1) is 0 Å². The maximum Gasteiger partial charge on any atom is 0.00698 e. The van der Waals surface area contributed by atoms with Crippen molar-refractivity contribution in [2.24, 2.45) is 5.92 Å². The Morgan fingerprint density at radius 3 is 1.75 bits per heavy atom. The molecular weight excluding hydrogens is 194 g/mol. The first-order chi connectivity index (χ1) is 7.84. The monoisotopic (exact) mass is 223 g/mol. The lowest BCUT2D eigenvalue weighted by atomic mass is 9.86. The van der Waals surface area contributed by atoms with Crippen LogP contribution in [0.5, 0.6) is 0 Å². The molecule has 94 valence electrons. The Hall–Kier alpha value is -0.0400. The molecule has 0 heterocycles. The van der Waals surface area contributed by atoms with Crippen LogP contribution in [0.3, 0.4) is 0 Å². The quantitative estimate of drug-likeness (QED) is 0.737. The molecule has 1 nitrogen and oxygen atoms in total. The van der Waals surface area contributed by atoms with Crippen LogP contribution in [0.1, 0.15) is 77.6 Å². The van der Waals surface area contributed by atoms with Gasteiger partial charge in [-0.15, -0.1) is 0 Å². The van der Waals surface area contributed by atoms with Gasteiger partial charge < -0.3 is 5.32 Å². The van der Waals surface area contributed by atoms with Gasteiger partial charge in [0.2, 0.25) is 0 Å². The van der Waals surface area contributed by atoms with Crippen molar-refractivity contribution in [1.82, 2.24) is 5.32 Å². The third-order valence-electron chi connectivity index (χ3n) is 4.59. The minimum atomic E-state index is 0.846. The van der Waals surface area contributed by atoms with Gasteiger partial charge in [0.15, 0.2) is 0 Å². The fraction of sp³-hybridized carbons (Fsp3) is 1.00. The van der Waals surface area contributed by atoms with E-state index in [4.69, 9.17) is 0 Å². The molecule has 2 saturated carbocycles. The van der Waals surface area contributed by atoms with Crippen molar-refractivity contribution in [3.05, 3.63) is 0 Å². The molecule has 0 unspecified atom stereocenters. The maximum absolute atomic E-state index is 3.95. The SMILES string of the molecule is CC1CCC(NC2CCCCCCC2)CC1. The van der Waals surface area contributed by atoms with E-state index < -0.39 is 0 Å². The lowest BCUT2D eigenvalue weighted by Crippen LogP contribution is -2.40. The van der Waals surface area contributed by atoms with Gasteiger partial charge in [0.25, 0.3) is 0 Å². The van der Waals surface area contributed by atoms with Gasteiger partial charge >= 0.3 is 0 Å². The standard InChI is InChI=1S/C15H29N/c1-13-9-11-15(12-10-13)16-14-7-5-3-2-4-6-8-14/h13-16H,2-12H2,1H3. The van der Waals surface area contributed by atoms with Crippen molar-refractivity contribution in [2.75, 3.05) is 0 Å². The highest BCUT2D eigenvalue weighted by Gasteiger charge is 2.21. The predicted octanol–water partition coefficient (Wildman–Crippen LogP) is 4.27. The number of nitrogens with one attached hydrogen (secondary N) is 1. The van der Waals surface area contributed by atoms with Gasteiger partial charge in [-0.1, -0.05) is 39.0 Å². The molecule has 0 bridgehead atoms. The highest BCUT2D eigenvalue weighted by Crippen LogP contribution is 2.25. The van der Waals surface area contributed by atoms with Crippen LogP contribution >= 0.6 is 0 Å². The zero-order chi connectivity index (χ0) is 11.2. The Morgan fingerprint density at radius 2 is 1.12 bits per heavy atom. The largest absolute Gasteiger partial charge is 0.311 e. The molecule has 1 N–H and O–H groups in total. The number of hydrogen-bond donors (Lipinski definition) is 1. The van der Waals surface area contributed by atoms with E-state index in [-0.39, 0.29) is 0 Å². The summed E-state index contributed by atoms with van der Waals surface area (Å²) in [6.07, 6.45) is 16.0. The van der Waals surface area contributed by atoms with Crippen molar-refractivity contribution in [3.63, 3.8) is 0 Å². The van der Waals surface area contributed by atoms with Crippen LogP contribution in [0.4, 0.5) is 0 Å². The lowest BCUT2D eigenvalue weighted by molar-refractivity contribution is 0.267. The van der Waals surface area contributed by atoms with Crippen molar-refractivity contribution < 1.29 is 0 Å². The average Bonchev–Trinajstić information content (AvgIpc) is 2.25. The minimum absolute atomic E-state index is 0.846. The molecule has 2 aliphatic rings. The molecule has 2 rings (SSSR count). The van der Waals surface area contributed by atoms with Crippen LogP contribution in [0, 0.1) is 5.92 Å². The first-order valence-corrected chi connectivity index (χ1v) is 7.60. The summed E-state index contributed by atoms with van der Waals surface area (Å²) >= 11 is 0. The molecule has 0 aliphatic heterocycles. The lowest BCUT2D eigenvalue weighted by Gasteiger charge is -2.31. The van der Waals surface area contributed by atoms with Crippen LogP contribution in [0.15, 0.2) is 0 Å². The van der Waals surface area contributed by atoms with E-state index in [0.717, 1.165) is 18.0 Å². The van der Waals surface area contributed by atoms with Crippen LogP contribution in [-0.2, 0) is 0 Å². The maximum atomic E-state index is 3.95. The second-order valence-corrected chi connectivity index (χ2v) is 6.17. The third kappa shape index (κ3) is 4.08. The minimum Gasteiger partial charge on any atom is -0.311 e. The highest BCUT2D eigenvalue weighted by atomic mass is 14.9. The van der Waals surface area contributed by atoms with Gasteiger partial charge in [0.1, 0.15) is 0 Å². The highest BCUT2D eigenvalue weighted by molar-refractivity contribution is 4.80. The normalized spacial score (nSPS) is 34.3. The Bertz CT molecular complexity index is 174. The van der Waals surface area contributed by atoms with Gasteiger partial charge in [-0.2, -0.15) is 0 Å². The second-order valence-electron chi connectivity index (χ2n) is 6.17. The van der Waals surface area contributed by atoms with E-state index in [9.17, 15) is 0 Å². The summed E-state index contributed by atoms with van der Waals surface area (Å²) in [7, 11) is 0. The zero-order valence-electron chi connectivity index (χ0n) is 11.0. The van der Waals surface area contributed by atoms with Crippen molar-refractivity contribution in [1.29, 1.82) is 0 Å². The molecule has 0 aromatic rings. The van der Waals surface area contributed by atoms with Crippen LogP contribution in [0.2, 0.25) is 0 Å². The van der Waals surface area contributed by atoms with Gasteiger partial charge in [0, 0.05) is 12.1 Å².